The molecule has 1 aromatic carbocycles. The Morgan fingerprint density at radius 3 is 2.56 bits per heavy atom. The van der Waals surface area contributed by atoms with Gasteiger partial charge in [-0.15, -0.1) is 11.6 Å². The maximum absolute atomic E-state index is 13.2. The van der Waals surface area contributed by atoms with Crippen molar-refractivity contribution in [1.82, 2.24) is 0 Å². The molecule has 0 aromatic heterocycles. The van der Waals surface area contributed by atoms with Gasteiger partial charge in [-0.05, 0) is 18.1 Å². The third kappa shape index (κ3) is 1.61. The summed E-state index contributed by atoms with van der Waals surface area (Å²) in [6, 6.07) is 0.644. The molecule has 6 heteroatoms. The first-order valence-corrected chi connectivity index (χ1v) is 5.01. The van der Waals surface area contributed by atoms with Crippen LogP contribution in [0.4, 0.5) is 14.5 Å². The van der Waals surface area contributed by atoms with Gasteiger partial charge >= 0.3 is 5.97 Å². The number of rotatable bonds is 2. The van der Waals surface area contributed by atoms with E-state index in [2.05, 4.69) is 0 Å². The van der Waals surface area contributed by atoms with Crippen LogP contribution >= 0.6 is 11.6 Å². The molecule has 1 saturated carbocycles. The van der Waals surface area contributed by atoms with Crippen molar-refractivity contribution >= 4 is 23.3 Å². The van der Waals surface area contributed by atoms with E-state index in [1.807, 2.05) is 0 Å². The Kier molecular flexibility index (Phi) is 2.50. The number of hydrogen-bond donors (Lipinski definition) is 2. The first kappa shape index (κ1) is 11.1. The topological polar surface area (TPSA) is 63.3 Å². The van der Waals surface area contributed by atoms with Crippen molar-refractivity contribution < 1.29 is 18.7 Å². The zero-order chi connectivity index (χ0) is 12.0. The maximum Gasteiger partial charge on any atom is 0.336 e. The third-order valence-electron chi connectivity index (χ3n) is 2.61. The van der Waals surface area contributed by atoms with Gasteiger partial charge in [-0.2, -0.15) is 0 Å². The summed E-state index contributed by atoms with van der Waals surface area (Å²) < 4.78 is 26.2. The van der Waals surface area contributed by atoms with Crippen LogP contribution in [0.15, 0.2) is 6.07 Å². The SMILES string of the molecule is Nc1c(F)c(F)cc(C(=O)O)c1C1CC1Cl. The quantitative estimate of drug-likeness (QED) is 0.623. The van der Waals surface area contributed by atoms with Gasteiger partial charge in [0, 0.05) is 11.3 Å². The number of hydrogen-bond acceptors (Lipinski definition) is 2. The van der Waals surface area contributed by atoms with E-state index in [0.717, 1.165) is 0 Å². The van der Waals surface area contributed by atoms with E-state index in [0.29, 0.717) is 12.5 Å². The standard InChI is InChI=1S/C10H8ClF2NO2/c11-5-1-3(5)7-4(10(15)16)2-6(12)8(13)9(7)14/h2-3,5H,1,14H2,(H,15,16). The zero-order valence-corrected chi connectivity index (χ0v) is 8.76. The molecule has 2 rings (SSSR count). The highest BCUT2D eigenvalue weighted by molar-refractivity contribution is 6.23. The number of carboxylic acids is 1. The molecule has 0 amide bonds. The van der Waals surface area contributed by atoms with Gasteiger partial charge < -0.3 is 10.8 Å². The van der Waals surface area contributed by atoms with Crippen LogP contribution in [0.1, 0.15) is 28.3 Å². The predicted molar refractivity (Wildman–Crippen MR) is 54.7 cm³/mol. The van der Waals surface area contributed by atoms with Gasteiger partial charge in [0.1, 0.15) is 0 Å². The number of nitrogen functional groups attached to an aromatic ring is 1. The lowest BCUT2D eigenvalue weighted by molar-refractivity contribution is 0.0695. The first-order chi connectivity index (χ1) is 7.43. The molecule has 1 fully saturated rings. The minimum absolute atomic E-state index is 0.103. The van der Waals surface area contributed by atoms with Crippen LogP contribution in [-0.4, -0.2) is 16.5 Å². The molecule has 0 saturated heterocycles. The second-order valence-corrected chi connectivity index (χ2v) is 4.27. The average Bonchev–Trinajstić information content (AvgIpc) is 2.90. The number of carbonyl (C=O) groups is 1. The molecule has 1 aliphatic carbocycles. The Balaban J connectivity index is 2.63. The second-order valence-electron chi connectivity index (χ2n) is 3.71. The summed E-state index contributed by atoms with van der Waals surface area (Å²) in [6.07, 6.45) is 0.525. The van der Waals surface area contributed by atoms with Gasteiger partial charge in [-0.25, -0.2) is 13.6 Å². The van der Waals surface area contributed by atoms with Crippen LogP contribution < -0.4 is 5.73 Å². The van der Waals surface area contributed by atoms with Gasteiger partial charge in [0.05, 0.1) is 11.3 Å². The molecule has 0 radical (unpaired) electrons. The highest BCUT2D eigenvalue weighted by atomic mass is 35.5. The van der Waals surface area contributed by atoms with Crippen LogP contribution in [0.25, 0.3) is 0 Å². The van der Waals surface area contributed by atoms with E-state index in [1.54, 1.807) is 0 Å². The number of nitrogens with two attached hydrogens (primary N) is 1. The lowest BCUT2D eigenvalue weighted by Gasteiger charge is -2.10. The zero-order valence-electron chi connectivity index (χ0n) is 8.01. The van der Waals surface area contributed by atoms with E-state index >= 15 is 0 Å². The molecular weight excluding hydrogens is 240 g/mol. The smallest absolute Gasteiger partial charge is 0.336 e. The van der Waals surface area contributed by atoms with Crippen molar-refractivity contribution in [3.8, 4) is 0 Å². The van der Waals surface area contributed by atoms with Crippen LogP contribution in [-0.2, 0) is 0 Å². The predicted octanol–water partition coefficient (Wildman–Crippen LogP) is 2.34. The summed E-state index contributed by atoms with van der Waals surface area (Å²) >= 11 is 5.76. The number of benzene rings is 1. The number of carboxylic acid groups (broad SMARTS) is 1. The van der Waals surface area contributed by atoms with Crippen LogP contribution in [0, 0.1) is 11.6 Å². The number of anilines is 1. The molecule has 0 heterocycles. The number of alkyl halides is 1. The number of halogens is 3. The van der Waals surface area contributed by atoms with Gasteiger partial charge in [0.2, 0.25) is 0 Å². The van der Waals surface area contributed by atoms with Crippen LogP contribution in [0.5, 0.6) is 0 Å². The molecule has 86 valence electrons. The van der Waals surface area contributed by atoms with E-state index in [1.165, 1.54) is 0 Å². The van der Waals surface area contributed by atoms with E-state index in [9.17, 15) is 13.6 Å². The molecule has 1 aromatic rings. The van der Waals surface area contributed by atoms with Crippen molar-refractivity contribution in [3.05, 3.63) is 28.8 Å². The number of aromatic carboxylic acids is 1. The molecule has 0 spiro atoms. The molecule has 16 heavy (non-hydrogen) atoms. The van der Waals surface area contributed by atoms with Crippen molar-refractivity contribution in [1.29, 1.82) is 0 Å². The monoisotopic (exact) mass is 247 g/mol. The largest absolute Gasteiger partial charge is 0.478 e. The lowest BCUT2D eigenvalue weighted by Crippen LogP contribution is -2.09. The summed E-state index contributed by atoms with van der Waals surface area (Å²) in [5, 5.41) is 8.62. The van der Waals surface area contributed by atoms with Crippen molar-refractivity contribution in [2.75, 3.05) is 5.73 Å². The van der Waals surface area contributed by atoms with Crippen molar-refractivity contribution in [2.45, 2.75) is 17.7 Å². The van der Waals surface area contributed by atoms with E-state index in [-0.39, 0.29) is 22.4 Å². The average molecular weight is 248 g/mol. The molecule has 2 atom stereocenters. The highest BCUT2D eigenvalue weighted by Gasteiger charge is 2.41. The van der Waals surface area contributed by atoms with E-state index in [4.69, 9.17) is 22.4 Å². The summed E-state index contributed by atoms with van der Waals surface area (Å²) in [7, 11) is 0. The molecule has 3 nitrogen and oxygen atoms in total. The second kappa shape index (κ2) is 3.59. The fourth-order valence-electron chi connectivity index (χ4n) is 1.70. The van der Waals surface area contributed by atoms with Gasteiger partial charge in [0.15, 0.2) is 11.6 Å². The highest BCUT2D eigenvalue weighted by Crippen LogP contribution is 2.49. The Morgan fingerprint density at radius 2 is 2.12 bits per heavy atom. The normalized spacial score (nSPS) is 23.2. The fraction of sp³-hybridized carbons (Fsp3) is 0.300. The van der Waals surface area contributed by atoms with E-state index < -0.39 is 23.3 Å². The fourth-order valence-corrected chi connectivity index (χ4v) is 2.02. The molecule has 2 unspecified atom stereocenters. The molecular formula is C10H8ClF2NO2. The van der Waals surface area contributed by atoms with Gasteiger partial charge in [-0.1, -0.05) is 0 Å². The minimum atomic E-state index is -1.34. The third-order valence-corrected chi connectivity index (χ3v) is 3.09. The Labute approximate surface area is 94.8 Å². The van der Waals surface area contributed by atoms with Crippen molar-refractivity contribution in [2.24, 2.45) is 0 Å². The summed E-state index contributed by atoms with van der Waals surface area (Å²) in [6.45, 7) is 0. The molecule has 0 bridgehead atoms. The lowest BCUT2D eigenvalue weighted by atomic mass is 10.0. The van der Waals surface area contributed by atoms with Gasteiger partial charge in [0.25, 0.3) is 0 Å². The Bertz CT molecular complexity index is 478. The maximum atomic E-state index is 13.2. The van der Waals surface area contributed by atoms with Gasteiger partial charge in [-0.3, -0.25) is 0 Å². The minimum Gasteiger partial charge on any atom is -0.478 e. The molecule has 1 aliphatic rings. The summed E-state index contributed by atoms with van der Waals surface area (Å²) in [5.74, 6) is -4.11. The van der Waals surface area contributed by atoms with Crippen LogP contribution in [0.2, 0.25) is 0 Å². The van der Waals surface area contributed by atoms with Crippen LogP contribution in [0.3, 0.4) is 0 Å². The molecule has 3 N–H and O–H groups in total. The van der Waals surface area contributed by atoms with Crippen molar-refractivity contribution in [3.63, 3.8) is 0 Å². The first-order valence-electron chi connectivity index (χ1n) is 4.58. The Hall–Kier alpha value is -1.36. The Morgan fingerprint density at radius 1 is 1.56 bits per heavy atom. The summed E-state index contributed by atoms with van der Waals surface area (Å²) in [4.78, 5) is 10.9. The summed E-state index contributed by atoms with van der Waals surface area (Å²) in [5.41, 5.74) is 4.72. The molecule has 0 aliphatic heterocycles.